The number of benzene rings is 4. The third-order valence-corrected chi connectivity index (χ3v) is 8.73. The number of furan rings is 1. The molecule has 4 aromatic carbocycles. The van der Waals surface area contributed by atoms with Gasteiger partial charge in [-0.3, -0.25) is 9.10 Å². The fourth-order valence-electron chi connectivity index (χ4n) is 5.26. The lowest BCUT2D eigenvalue weighted by Crippen LogP contribution is -2.25. The maximum absolute atomic E-state index is 13.7. The second kappa shape index (κ2) is 10.6. The first-order valence-corrected chi connectivity index (χ1v) is 15.2. The van der Waals surface area contributed by atoms with Gasteiger partial charge < -0.3 is 19.5 Å². The van der Waals surface area contributed by atoms with Gasteiger partial charge in [-0.05, 0) is 60.2 Å². The Morgan fingerprint density at radius 2 is 1.67 bits per heavy atom. The van der Waals surface area contributed by atoms with Crippen LogP contribution in [-0.2, 0) is 10.0 Å². The molecule has 0 aliphatic rings. The van der Waals surface area contributed by atoms with Crippen LogP contribution in [0.1, 0.15) is 10.4 Å². The predicted octanol–water partition coefficient (Wildman–Crippen LogP) is 6.82. The highest BCUT2D eigenvalue weighted by atomic mass is 32.2. The largest absolute Gasteiger partial charge is 0.496 e. The van der Waals surface area contributed by atoms with Gasteiger partial charge in [0.25, 0.3) is 5.91 Å². The summed E-state index contributed by atoms with van der Waals surface area (Å²) in [6.45, 7) is 0. The van der Waals surface area contributed by atoms with E-state index in [-0.39, 0.29) is 11.3 Å². The summed E-state index contributed by atoms with van der Waals surface area (Å²) >= 11 is 0. The number of hydrogen-bond donors (Lipinski definition) is 2. The number of ether oxygens (including phenoxy) is 1. The number of aromatic amines is 1. The van der Waals surface area contributed by atoms with Crippen molar-refractivity contribution in [3.63, 3.8) is 0 Å². The summed E-state index contributed by atoms with van der Waals surface area (Å²) in [6.07, 6.45) is 1.12. The van der Waals surface area contributed by atoms with Gasteiger partial charge in [0.05, 0.1) is 30.3 Å². The Bertz CT molecular complexity index is 2100. The number of nitrogens with one attached hydrogen (secondary N) is 2. The number of aromatic nitrogens is 1. The lowest BCUT2D eigenvalue weighted by Gasteiger charge is -2.21. The van der Waals surface area contributed by atoms with Gasteiger partial charge in [0.15, 0.2) is 0 Å². The zero-order chi connectivity index (χ0) is 30.5. The number of hydrogen-bond acceptors (Lipinski definition) is 5. The number of fused-ring (bicyclic) bond motifs is 2. The number of halogens is 1. The molecule has 0 saturated carbocycles. The average molecular weight is 598 g/mol. The van der Waals surface area contributed by atoms with Crippen LogP contribution in [0.4, 0.5) is 10.1 Å². The number of sulfonamides is 1. The van der Waals surface area contributed by atoms with Crippen molar-refractivity contribution in [2.75, 3.05) is 31.8 Å². The minimum absolute atomic E-state index is 0.243. The molecule has 8 nitrogen and oxygen atoms in total. The molecule has 0 unspecified atom stereocenters. The molecule has 0 saturated heterocycles. The highest BCUT2D eigenvalue weighted by Crippen LogP contribution is 2.43. The summed E-state index contributed by atoms with van der Waals surface area (Å²) in [5.41, 5.74) is 5.21. The summed E-state index contributed by atoms with van der Waals surface area (Å²) in [7, 11) is 0.879. The topological polar surface area (TPSA) is 105 Å². The first-order chi connectivity index (χ1) is 20.6. The zero-order valence-electron chi connectivity index (χ0n) is 23.9. The van der Waals surface area contributed by atoms with Crippen LogP contribution in [0.3, 0.4) is 0 Å². The van der Waals surface area contributed by atoms with Crippen molar-refractivity contribution in [2.24, 2.45) is 0 Å². The second-order valence-corrected chi connectivity index (χ2v) is 12.2. The van der Waals surface area contributed by atoms with Gasteiger partial charge >= 0.3 is 0 Å². The molecule has 43 heavy (non-hydrogen) atoms. The van der Waals surface area contributed by atoms with E-state index in [1.54, 1.807) is 19.2 Å². The van der Waals surface area contributed by atoms with Gasteiger partial charge in [-0.25, -0.2) is 12.8 Å². The molecule has 218 valence electrons. The first kappa shape index (κ1) is 28.0. The second-order valence-electron chi connectivity index (χ2n) is 10.2. The average Bonchev–Trinajstić information content (AvgIpc) is 3.61. The Hall–Kier alpha value is -5.09. The van der Waals surface area contributed by atoms with E-state index in [1.807, 2.05) is 48.5 Å². The number of methoxy groups -OCH3 is 1. The van der Waals surface area contributed by atoms with Crippen molar-refractivity contribution < 1.29 is 26.8 Å². The molecule has 0 bridgehead atoms. The third kappa shape index (κ3) is 4.99. The van der Waals surface area contributed by atoms with Crippen LogP contribution in [0.5, 0.6) is 5.75 Å². The van der Waals surface area contributed by atoms with Crippen LogP contribution >= 0.6 is 0 Å². The molecule has 10 heteroatoms. The van der Waals surface area contributed by atoms with E-state index in [4.69, 9.17) is 9.15 Å². The summed E-state index contributed by atoms with van der Waals surface area (Å²) in [4.78, 5) is 16.6. The third-order valence-electron chi connectivity index (χ3n) is 7.53. The van der Waals surface area contributed by atoms with E-state index >= 15 is 0 Å². The van der Waals surface area contributed by atoms with E-state index < -0.39 is 21.7 Å². The van der Waals surface area contributed by atoms with Crippen LogP contribution < -0.4 is 14.4 Å². The lowest BCUT2D eigenvalue weighted by atomic mass is 9.96. The smallest absolute Gasteiger partial charge is 0.255 e. The Kier molecular flexibility index (Phi) is 6.94. The van der Waals surface area contributed by atoms with Gasteiger partial charge in [0.2, 0.25) is 10.0 Å². The van der Waals surface area contributed by atoms with Crippen molar-refractivity contribution >= 4 is 43.5 Å². The number of anilines is 1. The predicted molar refractivity (Wildman–Crippen MR) is 168 cm³/mol. The SMILES string of the molecule is CNC(=O)c1c(-c2ccc(F)cc2)oc2cc(N(C)S(C)(=O)=O)c(-c3ccc(OC)c(-c4cc5ccccc5[nH]4)c3)cc12. The zero-order valence-corrected chi connectivity index (χ0v) is 24.7. The van der Waals surface area contributed by atoms with Crippen molar-refractivity contribution in [1.82, 2.24) is 10.3 Å². The molecule has 2 N–H and O–H groups in total. The molecule has 1 amide bonds. The van der Waals surface area contributed by atoms with Crippen molar-refractivity contribution in [3.8, 4) is 39.5 Å². The fraction of sp³-hybridized carbons (Fsp3) is 0.121. The number of carbonyl (C=O) groups is 1. The van der Waals surface area contributed by atoms with Crippen LogP contribution in [0.25, 0.3) is 55.6 Å². The van der Waals surface area contributed by atoms with Crippen molar-refractivity contribution in [2.45, 2.75) is 0 Å². The van der Waals surface area contributed by atoms with E-state index in [2.05, 4.69) is 10.3 Å². The molecular weight excluding hydrogens is 569 g/mol. The molecule has 0 aliphatic heterocycles. The summed E-state index contributed by atoms with van der Waals surface area (Å²) in [5, 5.41) is 4.17. The van der Waals surface area contributed by atoms with Gasteiger partial charge in [0.1, 0.15) is 22.9 Å². The Morgan fingerprint density at radius 1 is 0.953 bits per heavy atom. The van der Waals surface area contributed by atoms with Crippen molar-refractivity contribution in [1.29, 1.82) is 0 Å². The number of amides is 1. The molecule has 2 aromatic heterocycles. The number of nitrogens with zero attached hydrogens (tertiary/aromatic N) is 1. The molecule has 0 spiro atoms. The molecule has 0 atom stereocenters. The Balaban J connectivity index is 1.64. The maximum atomic E-state index is 13.7. The summed E-state index contributed by atoms with van der Waals surface area (Å²) in [6, 6.07) is 24.5. The van der Waals surface area contributed by atoms with E-state index in [1.165, 1.54) is 42.7 Å². The molecule has 6 aromatic rings. The fourth-order valence-corrected chi connectivity index (χ4v) is 5.77. The first-order valence-electron chi connectivity index (χ1n) is 13.4. The minimum Gasteiger partial charge on any atom is -0.496 e. The maximum Gasteiger partial charge on any atom is 0.255 e. The lowest BCUT2D eigenvalue weighted by molar-refractivity contribution is 0.0964. The van der Waals surface area contributed by atoms with Crippen molar-refractivity contribution in [3.05, 3.63) is 96.3 Å². The molecule has 0 aliphatic carbocycles. The highest BCUT2D eigenvalue weighted by Gasteiger charge is 2.26. The number of H-pyrrole nitrogens is 1. The van der Waals surface area contributed by atoms with E-state index in [0.717, 1.165) is 28.4 Å². The number of carbonyl (C=O) groups excluding carboxylic acids is 1. The van der Waals surface area contributed by atoms with Gasteiger partial charge in [-0.15, -0.1) is 0 Å². The minimum atomic E-state index is -3.69. The number of rotatable bonds is 7. The molecule has 0 fully saturated rings. The van der Waals surface area contributed by atoms with Gasteiger partial charge in [-0.1, -0.05) is 24.3 Å². The van der Waals surface area contributed by atoms with Gasteiger partial charge in [-0.2, -0.15) is 0 Å². The van der Waals surface area contributed by atoms with Gasteiger partial charge in [0, 0.05) is 53.1 Å². The monoisotopic (exact) mass is 597 g/mol. The van der Waals surface area contributed by atoms with Crippen LogP contribution in [0, 0.1) is 5.82 Å². The van der Waals surface area contributed by atoms with E-state index in [9.17, 15) is 17.6 Å². The quantitative estimate of drug-likeness (QED) is 0.210. The summed E-state index contributed by atoms with van der Waals surface area (Å²) in [5.74, 6) is 0.0445. The molecule has 2 heterocycles. The Labute approximate surface area is 247 Å². The standard InChI is InChI=1S/C33H28FN3O5S/c1-35-33(38)31-25-17-23(20-11-14-29(41-3)24(15-20)27-16-21-7-5-6-8-26(21)36-27)28(37(2)43(4,39)40)18-30(25)42-32(31)19-9-12-22(34)13-10-19/h5-18,36H,1-4H3,(H,35,38). The van der Waals surface area contributed by atoms with E-state index in [0.29, 0.717) is 39.1 Å². The van der Waals surface area contributed by atoms with Crippen LogP contribution in [0.2, 0.25) is 0 Å². The van der Waals surface area contributed by atoms with Crippen LogP contribution in [-0.4, -0.2) is 46.8 Å². The normalized spacial score (nSPS) is 11.7. The molecular formula is C33H28FN3O5S. The molecule has 6 rings (SSSR count). The highest BCUT2D eigenvalue weighted by molar-refractivity contribution is 7.92. The number of para-hydroxylation sites is 1. The van der Waals surface area contributed by atoms with Crippen LogP contribution in [0.15, 0.2) is 89.3 Å². The Morgan fingerprint density at radius 3 is 2.35 bits per heavy atom. The summed E-state index contributed by atoms with van der Waals surface area (Å²) < 4.78 is 52.3. The molecule has 0 radical (unpaired) electrons.